The molecule has 33 heavy (non-hydrogen) atoms. The molecular formula is C21H23ClF3N3O5. The highest BCUT2D eigenvalue weighted by atomic mass is 35.5. The van der Waals surface area contributed by atoms with Gasteiger partial charge in [-0.05, 0) is 43.9 Å². The van der Waals surface area contributed by atoms with Crippen LogP contribution in [-0.2, 0) is 16.0 Å². The first-order chi connectivity index (χ1) is 15.7. The number of aliphatic hydroxyl groups excluding tert-OH is 1. The summed E-state index contributed by atoms with van der Waals surface area (Å²) < 4.78 is 51.7. The molecule has 4 rings (SSSR count). The molecule has 1 amide bonds. The summed E-state index contributed by atoms with van der Waals surface area (Å²) >= 11 is 5.93. The molecule has 0 radical (unpaired) electrons. The van der Waals surface area contributed by atoms with Crippen LogP contribution >= 0.6 is 11.6 Å². The van der Waals surface area contributed by atoms with Gasteiger partial charge in [0.1, 0.15) is 5.75 Å². The van der Waals surface area contributed by atoms with E-state index in [1.165, 1.54) is 0 Å². The van der Waals surface area contributed by atoms with Gasteiger partial charge in [-0.2, -0.15) is 0 Å². The number of halogens is 4. The first kappa shape index (κ1) is 23.8. The number of aromatic nitrogens is 2. The number of alkyl halides is 3. The highest BCUT2D eigenvalue weighted by molar-refractivity contribution is 6.30. The predicted octanol–water partition coefficient (Wildman–Crippen LogP) is 3.83. The Morgan fingerprint density at radius 2 is 2.03 bits per heavy atom. The van der Waals surface area contributed by atoms with Crippen molar-refractivity contribution >= 4 is 17.5 Å². The number of amides is 1. The largest absolute Gasteiger partial charge is 0.522 e. The number of nitrogens with one attached hydrogen (secondary N) is 1. The van der Waals surface area contributed by atoms with Crippen LogP contribution in [0.15, 0.2) is 22.6 Å². The molecule has 0 unspecified atom stereocenters. The fourth-order valence-electron chi connectivity index (χ4n) is 3.89. The molecule has 1 aromatic heterocycles. The van der Waals surface area contributed by atoms with Gasteiger partial charge in [0.25, 0.3) is 5.91 Å². The van der Waals surface area contributed by atoms with Gasteiger partial charge in [0, 0.05) is 35.9 Å². The fourth-order valence-corrected chi connectivity index (χ4v) is 4.07. The molecule has 0 bridgehead atoms. The average molecular weight is 490 g/mol. The lowest BCUT2D eigenvalue weighted by molar-refractivity contribution is -0.352. The Labute approximate surface area is 192 Å². The van der Waals surface area contributed by atoms with Gasteiger partial charge in [0.15, 0.2) is 6.10 Å². The maximum Gasteiger partial charge on any atom is 0.522 e. The number of carbonyl (C=O) groups excluding carboxylic acids is 1. The van der Waals surface area contributed by atoms with E-state index >= 15 is 0 Å². The maximum absolute atomic E-state index is 12.4. The number of carbonyl (C=O) groups is 1. The minimum absolute atomic E-state index is 0.139. The van der Waals surface area contributed by atoms with Gasteiger partial charge in [0.2, 0.25) is 11.8 Å². The predicted molar refractivity (Wildman–Crippen MR) is 109 cm³/mol. The molecule has 2 aliphatic rings. The summed E-state index contributed by atoms with van der Waals surface area (Å²) in [7, 11) is 0. The van der Waals surface area contributed by atoms with E-state index in [1.807, 2.05) is 0 Å². The van der Waals surface area contributed by atoms with Gasteiger partial charge >= 0.3 is 6.36 Å². The monoisotopic (exact) mass is 489 g/mol. The number of aryl methyl sites for hydroxylation is 1. The van der Waals surface area contributed by atoms with Crippen LogP contribution in [0.25, 0.3) is 0 Å². The number of rotatable bonds is 8. The SMILES string of the molecule is O=C(NCCCCc1nnc(C2CC(OC(F)(F)F)C2)o1)[C@@H]1C[C@H](O)c2cc(Cl)ccc2O1. The third-order valence-corrected chi connectivity index (χ3v) is 5.91. The zero-order chi connectivity index (χ0) is 23.6. The van der Waals surface area contributed by atoms with Crippen LogP contribution in [0, 0.1) is 0 Å². The Bertz CT molecular complexity index is 980. The average Bonchev–Trinajstić information content (AvgIpc) is 3.18. The Kier molecular flexibility index (Phi) is 7.10. The van der Waals surface area contributed by atoms with Crippen molar-refractivity contribution in [2.75, 3.05) is 6.54 Å². The Morgan fingerprint density at radius 3 is 2.79 bits per heavy atom. The van der Waals surface area contributed by atoms with Crippen LogP contribution in [0.5, 0.6) is 5.75 Å². The second kappa shape index (κ2) is 9.86. The van der Waals surface area contributed by atoms with E-state index in [1.54, 1.807) is 18.2 Å². The molecule has 2 aromatic rings. The van der Waals surface area contributed by atoms with Crippen molar-refractivity contribution in [3.05, 3.63) is 40.6 Å². The van der Waals surface area contributed by atoms with E-state index < -0.39 is 24.7 Å². The quantitative estimate of drug-likeness (QED) is 0.543. The van der Waals surface area contributed by atoms with Crippen molar-refractivity contribution in [2.45, 2.75) is 69.1 Å². The van der Waals surface area contributed by atoms with Crippen molar-refractivity contribution in [1.82, 2.24) is 15.5 Å². The van der Waals surface area contributed by atoms with Crippen LogP contribution in [0.3, 0.4) is 0 Å². The Morgan fingerprint density at radius 1 is 1.24 bits per heavy atom. The van der Waals surface area contributed by atoms with E-state index in [0.717, 1.165) is 0 Å². The van der Waals surface area contributed by atoms with Crippen molar-refractivity contribution in [2.24, 2.45) is 0 Å². The van der Waals surface area contributed by atoms with E-state index in [4.69, 9.17) is 20.8 Å². The van der Waals surface area contributed by atoms with Crippen molar-refractivity contribution in [3.8, 4) is 5.75 Å². The van der Waals surface area contributed by atoms with Crippen LogP contribution in [0.4, 0.5) is 13.2 Å². The van der Waals surface area contributed by atoms with Gasteiger partial charge < -0.3 is 19.6 Å². The fraction of sp³-hybridized carbons (Fsp3) is 0.571. The highest BCUT2D eigenvalue weighted by Crippen LogP contribution is 2.41. The molecule has 1 fully saturated rings. The molecule has 12 heteroatoms. The molecule has 0 saturated heterocycles. The second-order valence-electron chi connectivity index (χ2n) is 8.18. The Hall–Kier alpha value is -2.37. The van der Waals surface area contributed by atoms with Gasteiger partial charge in [0.05, 0.1) is 12.2 Å². The summed E-state index contributed by atoms with van der Waals surface area (Å²) in [5, 5.41) is 21.4. The molecule has 8 nitrogen and oxygen atoms in total. The van der Waals surface area contributed by atoms with E-state index in [9.17, 15) is 23.1 Å². The minimum Gasteiger partial charge on any atom is -0.480 e. The summed E-state index contributed by atoms with van der Waals surface area (Å²) in [5.41, 5.74) is 0.566. The molecule has 1 saturated carbocycles. The molecular weight excluding hydrogens is 467 g/mol. The Balaban J connectivity index is 1.14. The number of aliphatic hydroxyl groups is 1. The van der Waals surface area contributed by atoms with E-state index in [2.05, 4.69) is 20.3 Å². The summed E-state index contributed by atoms with van der Waals surface area (Å²) in [5.74, 6) is 0.647. The molecule has 2 N–H and O–H groups in total. The number of hydrogen-bond acceptors (Lipinski definition) is 7. The lowest BCUT2D eigenvalue weighted by atomic mass is 9.82. The number of nitrogens with zero attached hydrogens (tertiary/aromatic N) is 2. The summed E-state index contributed by atoms with van der Waals surface area (Å²) in [4.78, 5) is 12.4. The minimum atomic E-state index is -4.63. The first-order valence-electron chi connectivity index (χ1n) is 10.7. The zero-order valence-electron chi connectivity index (χ0n) is 17.5. The molecule has 2 atom stereocenters. The molecule has 1 aromatic carbocycles. The third-order valence-electron chi connectivity index (χ3n) is 5.67. The molecule has 1 aliphatic carbocycles. The molecule has 2 heterocycles. The van der Waals surface area contributed by atoms with Gasteiger partial charge in [-0.25, -0.2) is 0 Å². The third kappa shape index (κ3) is 6.15. The summed E-state index contributed by atoms with van der Waals surface area (Å²) in [6, 6.07) is 4.89. The number of unbranched alkanes of at least 4 members (excludes halogenated alkanes) is 1. The first-order valence-corrected chi connectivity index (χ1v) is 11.0. The van der Waals surface area contributed by atoms with Gasteiger partial charge in [-0.3, -0.25) is 9.53 Å². The highest BCUT2D eigenvalue weighted by Gasteiger charge is 2.42. The second-order valence-corrected chi connectivity index (χ2v) is 8.61. The standard InChI is InChI=1S/C21H23ClF3N3O5/c22-12-4-5-16-14(9-12)15(29)10-17(31-16)19(30)26-6-2-1-3-18-27-28-20(32-18)11-7-13(8-11)33-21(23,24)25/h4-5,9,11,13,15,17,29H,1-3,6-8,10H2,(H,26,30)/t11?,13?,15-,17-/m0/s1. The number of fused-ring (bicyclic) bond motifs is 1. The van der Waals surface area contributed by atoms with Crippen LogP contribution in [0.1, 0.15) is 61.5 Å². The van der Waals surface area contributed by atoms with Crippen LogP contribution in [0.2, 0.25) is 5.02 Å². The van der Waals surface area contributed by atoms with Crippen molar-refractivity contribution < 1.29 is 37.0 Å². The van der Waals surface area contributed by atoms with E-state index in [-0.39, 0.29) is 31.1 Å². The van der Waals surface area contributed by atoms with Crippen molar-refractivity contribution in [1.29, 1.82) is 0 Å². The van der Waals surface area contributed by atoms with Crippen LogP contribution < -0.4 is 10.1 Å². The maximum atomic E-state index is 12.4. The lowest BCUT2D eigenvalue weighted by Gasteiger charge is -2.32. The number of hydrogen-bond donors (Lipinski definition) is 2. The number of ether oxygens (including phenoxy) is 2. The van der Waals surface area contributed by atoms with Crippen LogP contribution in [-0.4, -0.2) is 46.3 Å². The van der Waals surface area contributed by atoms with Crippen molar-refractivity contribution in [3.63, 3.8) is 0 Å². The van der Waals surface area contributed by atoms with Gasteiger partial charge in [-0.15, -0.1) is 23.4 Å². The lowest BCUT2D eigenvalue weighted by Crippen LogP contribution is -2.41. The summed E-state index contributed by atoms with van der Waals surface area (Å²) in [6.45, 7) is 0.405. The topological polar surface area (TPSA) is 107 Å². The van der Waals surface area contributed by atoms with Gasteiger partial charge in [-0.1, -0.05) is 11.6 Å². The summed E-state index contributed by atoms with van der Waals surface area (Å²) in [6.07, 6.45) is -4.78. The molecule has 1 aliphatic heterocycles. The number of benzene rings is 1. The molecule has 0 spiro atoms. The zero-order valence-corrected chi connectivity index (χ0v) is 18.2. The smallest absolute Gasteiger partial charge is 0.480 e. The van der Waals surface area contributed by atoms with E-state index in [0.29, 0.717) is 53.9 Å². The molecule has 180 valence electrons. The normalized spacial score (nSPS) is 24.5.